The molecule has 2 N–H and O–H groups in total. The molecule has 3 atom stereocenters. The zero-order valence-electron chi connectivity index (χ0n) is 17.8. The molecule has 3 unspecified atom stereocenters. The van der Waals surface area contributed by atoms with Gasteiger partial charge in [0.1, 0.15) is 0 Å². The normalized spacial score (nSPS) is 21.3. The van der Waals surface area contributed by atoms with Crippen molar-refractivity contribution in [3.63, 3.8) is 0 Å². The minimum Gasteiger partial charge on any atom is -0.493 e. The van der Waals surface area contributed by atoms with Gasteiger partial charge in [-0.05, 0) is 48.6 Å². The van der Waals surface area contributed by atoms with E-state index in [2.05, 4.69) is 28.9 Å². The molecule has 0 spiro atoms. The molecule has 6 nitrogen and oxygen atoms in total. The molecule has 2 aromatic carbocycles. The maximum atomic E-state index is 12.7. The second-order valence-corrected chi connectivity index (χ2v) is 7.56. The minimum atomic E-state index is -0.0640. The Labute approximate surface area is 177 Å². The van der Waals surface area contributed by atoms with Crippen molar-refractivity contribution in [1.29, 1.82) is 0 Å². The largest absolute Gasteiger partial charge is 0.493 e. The first-order valence-corrected chi connectivity index (χ1v) is 10.3. The number of para-hydroxylation sites is 1. The summed E-state index contributed by atoms with van der Waals surface area (Å²) in [4.78, 5) is 12.7. The quantitative estimate of drug-likeness (QED) is 0.698. The lowest BCUT2D eigenvalue weighted by Crippen LogP contribution is -2.32. The van der Waals surface area contributed by atoms with E-state index in [1.165, 1.54) is 5.56 Å². The summed E-state index contributed by atoms with van der Waals surface area (Å²) >= 11 is 0. The number of benzene rings is 2. The van der Waals surface area contributed by atoms with Gasteiger partial charge in [-0.2, -0.15) is 0 Å². The number of carbonyl (C=O) groups is 1. The maximum absolute atomic E-state index is 12.7. The zero-order chi connectivity index (χ0) is 21.3. The average molecular weight is 408 g/mol. The van der Waals surface area contributed by atoms with Crippen LogP contribution in [0.15, 0.2) is 42.5 Å². The van der Waals surface area contributed by atoms with E-state index in [9.17, 15) is 4.79 Å². The number of amides is 1. The van der Waals surface area contributed by atoms with Crippen LogP contribution in [0, 0.1) is 5.92 Å². The van der Waals surface area contributed by atoms with E-state index in [0.29, 0.717) is 35.3 Å². The summed E-state index contributed by atoms with van der Waals surface area (Å²) in [6.07, 6.45) is 5.45. The van der Waals surface area contributed by atoms with Crippen LogP contribution in [0.3, 0.4) is 0 Å². The summed E-state index contributed by atoms with van der Waals surface area (Å²) in [7, 11) is 4.85. The molecule has 4 rings (SSSR count). The molecule has 1 aliphatic heterocycles. The molecule has 1 heterocycles. The van der Waals surface area contributed by atoms with Gasteiger partial charge in [0.25, 0.3) is 5.91 Å². The van der Waals surface area contributed by atoms with Gasteiger partial charge in [-0.15, -0.1) is 0 Å². The molecule has 6 heteroatoms. The highest BCUT2D eigenvalue weighted by molar-refractivity contribution is 6.00. The lowest BCUT2D eigenvalue weighted by Gasteiger charge is -2.38. The summed E-state index contributed by atoms with van der Waals surface area (Å²) in [5, 5.41) is 6.60. The second-order valence-electron chi connectivity index (χ2n) is 7.56. The van der Waals surface area contributed by atoms with Gasteiger partial charge in [0, 0.05) is 12.5 Å². The highest BCUT2D eigenvalue weighted by atomic mass is 16.5. The van der Waals surface area contributed by atoms with Crippen molar-refractivity contribution in [2.45, 2.75) is 25.3 Å². The Balaban J connectivity index is 1.82. The predicted octanol–water partition coefficient (Wildman–Crippen LogP) is 4.29. The molecule has 2 aliphatic rings. The van der Waals surface area contributed by atoms with Crippen LogP contribution in [0.1, 0.15) is 46.8 Å². The molecule has 0 radical (unpaired) electrons. The number of ether oxygens (including phenoxy) is 3. The predicted molar refractivity (Wildman–Crippen MR) is 117 cm³/mol. The Morgan fingerprint density at radius 2 is 1.87 bits per heavy atom. The summed E-state index contributed by atoms with van der Waals surface area (Å²) < 4.78 is 16.6. The first-order valence-electron chi connectivity index (χ1n) is 10.3. The average Bonchev–Trinajstić information content (AvgIpc) is 3.27. The maximum Gasteiger partial charge on any atom is 0.253 e. The van der Waals surface area contributed by atoms with Crippen molar-refractivity contribution >= 4 is 11.6 Å². The summed E-state index contributed by atoms with van der Waals surface area (Å²) in [5.41, 5.74) is 3.78. The van der Waals surface area contributed by atoms with E-state index in [4.69, 9.17) is 14.2 Å². The summed E-state index contributed by atoms with van der Waals surface area (Å²) in [5.74, 6) is 2.34. The minimum absolute atomic E-state index is 0.00165. The molecule has 2 aromatic rings. The fourth-order valence-corrected chi connectivity index (χ4v) is 4.68. The van der Waals surface area contributed by atoms with Crippen LogP contribution in [-0.4, -0.2) is 33.8 Å². The number of anilines is 1. The van der Waals surface area contributed by atoms with E-state index < -0.39 is 0 Å². The first kappa shape index (κ1) is 20.1. The summed E-state index contributed by atoms with van der Waals surface area (Å²) in [6, 6.07) is 9.95. The monoisotopic (exact) mass is 408 g/mol. The highest BCUT2D eigenvalue weighted by Gasteiger charge is 2.39. The van der Waals surface area contributed by atoms with Gasteiger partial charge >= 0.3 is 0 Å². The third-order valence-corrected chi connectivity index (χ3v) is 6.02. The van der Waals surface area contributed by atoms with E-state index in [1.54, 1.807) is 21.3 Å². The number of allylic oxidation sites excluding steroid dienone is 2. The van der Waals surface area contributed by atoms with Crippen molar-refractivity contribution in [3.8, 4) is 17.2 Å². The lowest BCUT2D eigenvalue weighted by atomic mass is 9.76. The molecule has 0 aromatic heterocycles. The Morgan fingerprint density at radius 3 is 2.50 bits per heavy atom. The van der Waals surface area contributed by atoms with Crippen molar-refractivity contribution in [1.82, 2.24) is 5.32 Å². The van der Waals surface area contributed by atoms with Gasteiger partial charge in [0.05, 0.1) is 38.6 Å². The van der Waals surface area contributed by atoms with Crippen LogP contribution in [-0.2, 0) is 0 Å². The first-order chi connectivity index (χ1) is 14.6. The Bertz CT molecular complexity index is 960. The third-order valence-electron chi connectivity index (χ3n) is 6.02. The van der Waals surface area contributed by atoms with E-state index in [-0.39, 0.29) is 17.9 Å². The van der Waals surface area contributed by atoms with Gasteiger partial charge in [0.2, 0.25) is 5.75 Å². The topological polar surface area (TPSA) is 68.8 Å². The number of hydrogen-bond donors (Lipinski definition) is 2. The van der Waals surface area contributed by atoms with Crippen molar-refractivity contribution in [2.75, 3.05) is 33.2 Å². The fourth-order valence-electron chi connectivity index (χ4n) is 4.68. The standard InChI is InChI=1S/C24H28N2O4/c1-5-25-24(27)18-11-7-10-17-15-8-6-9-16(15)21(26-22(17)18)14-12-19(28-2)23(30-4)20(13-14)29-3/h6-8,10-13,15-16,21,26H,5,9H2,1-4H3,(H,25,27). The molecule has 1 aliphatic carbocycles. The Kier molecular flexibility index (Phi) is 5.57. The molecule has 0 saturated carbocycles. The molecule has 0 bridgehead atoms. The number of hydrogen-bond acceptors (Lipinski definition) is 5. The van der Waals surface area contributed by atoms with Gasteiger partial charge in [-0.25, -0.2) is 0 Å². The van der Waals surface area contributed by atoms with E-state index >= 15 is 0 Å². The summed E-state index contributed by atoms with van der Waals surface area (Å²) in [6.45, 7) is 2.51. The van der Waals surface area contributed by atoms with Crippen LogP contribution < -0.4 is 24.8 Å². The van der Waals surface area contributed by atoms with Gasteiger partial charge in [-0.1, -0.05) is 24.3 Å². The van der Waals surface area contributed by atoms with Crippen molar-refractivity contribution in [2.24, 2.45) is 5.92 Å². The van der Waals surface area contributed by atoms with Gasteiger partial charge in [0.15, 0.2) is 11.5 Å². The Hall–Kier alpha value is -3.15. The number of fused-ring (bicyclic) bond motifs is 3. The van der Waals surface area contributed by atoms with Crippen molar-refractivity contribution in [3.05, 3.63) is 59.2 Å². The smallest absolute Gasteiger partial charge is 0.253 e. The Morgan fingerprint density at radius 1 is 1.13 bits per heavy atom. The van der Waals surface area contributed by atoms with Gasteiger partial charge in [-0.3, -0.25) is 4.79 Å². The molecule has 1 amide bonds. The lowest BCUT2D eigenvalue weighted by molar-refractivity contribution is 0.0956. The number of carbonyl (C=O) groups excluding carboxylic acids is 1. The van der Waals surface area contributed by atoms with E-state index in [0.717, 1.165) is 17.7 Å². The third kappa shape index (κ3) is 3.26. The molecular formula is C24H28N2O4. The number of rotatable bonds is 6. The zero-order valence-corrected chi connectivity index (χ0v) is 17.8. The van der Waals surface area contributed by atoms with E-state index in [1.807, 2.05) is 31.2 Å². The molecule has 30 heavy (non-hydrogen) atoms. The molecule has 0 saturated heterocycles. The van der Waals surface area contributed by atoms with Gasteiger partial charge < -0.3 is 24.8 Å². The number of nitrogens with one attached hydrogen (secondary N) is 2. The molecule has 0 fully saturated rings. The fraction of sp³-hybridized carbons (Fsp3) is 0.375. The van der Waals surface area contributed by atoms with Crippen LogP contribution in [0.25, 0.3) is 0 Å². The number of methoxy groups -OCH3 is 3. The van der Waals surface area contributed by atoms with Crippen LogP contribution >= 0.6 is 0 Å². The second kappa shape index (κ2) is 8.30. The SMILES string of the molecule is CCNC(=O)c1cccc2c1NC(c1cc(OC)c(OC)c(OC)c1)C1CC=CC21. The molecular weight excluding hydrogens is 380 g/mol. The molecule has 158 valence electrons. The van der Waals surface area contributed by atoms with Crippen LogP contribution in [0.5, 0.6) is 17.2 Å². The van der Waals surface area contributed by atoms with Crippen molar-refractivity contribution < 1.29 is 19.0 Å². The van der Waals surface area contributed by atoms with Crippen LogP contribution in [0.2, 0.25) is 0 Å². The van der Waals surface area contributed by atoms with Crippen LogP contribution in [0.4, 0.5) is 5.69 Å². The highest BCUT2D eigenvalue weighted by Crippen LogP contribution is 2.52.